The van der Waals surface area contributed by atoms with Crippen molar-refractivity contribution in [3.05, 3.63) is 28.0 Å². The molecule has 0 bridgehead atoms. The van der Waals surface area contributed by atoms with Crippen molar-refractivity contribution in [2.75, 3.05) is 7.11 Å². The zero-order valence-corrected chi connectivity index (χ0v) is 10.3. The van der Waals surface area contributed by atoms with Gasteiger partial charge >= 0.3 is 5.97 Å². The third-order valence-corrected chi connectivity index (χ3v) is 4.04. The van der Waals surface area contributed by atoms with E-state index in [2.05, 4.69) is 22.9 Å². The monoisotopic (exact) mass is 236 g/mol. The molecule has 0 atom stereocenters. The average Bonchev–Trinajstić information content (AvgIpc) is 2.95. The van der Waals surface area contributed by atoms with E-state index in [9.17, 15) is 4.79 Å². The van der Waals surface area contributed by atoms with Crippen molar-refractivity contribution < 1.29 is 9.53 Å². The topological polar surface area (TPSA) is 26.3 Å². The van der Waals surface area contributed by atoms with Crippen LogP contribution in [0.2, 0.25) is 0 Å². The van der Waals surface area contributed by atoms with Gasteiger partial charge in [0.25, 0.3) is 0 Å². The Morgan fingerprint density at radius 3 is 3.06 bits per heavy atom. The summed E-state index contributed by atoms with van der Waals surface area (Å²) in [6, 6.07) is 4.30. The molecule has 86 valence electrons. The minimum absolute atomic E-state index is 0.130. The second-order valence-electron chi connectivity index (χ2n) is 3.96. The summed E-state index contributed by atoms with van der Waals surface area (Å²) in [6.45, 7) is 0. The molecule has 0 spiro atoms. The third kappa shape index (κ3) is 2.73. The summed E-state index contributed by atoms with van der Waals surface area (Å²) in [5, 5.41) is 0. The lowest BCUT2D eigenvalue weighted by Crippen LogP contribution is -2.00. The van der Waals surface area contributed by atoms with Crippen LogP contribution >= 0.6 is 11.3 Å². The van der Waals surface area contributed by atoms with Crippen molar-refractivity contribution in [3.63, 3.8) is 0 Å². The van der Waals surface area contributed by atoms with Gasteiger partial charge in [-0.25, -0.2) is 0 Å². The summed E-state index contributed by atoms with van der Waals surface area (Å²) < 4.78 is 4.63. The lowest BCUT2D eigenvalue weighted by molar-refractivity contribution is -0.140. The zero-order chi connectivity index (χ0) is 11.4. The Morgan fingerprint density at radius 1 is 1.50 bits per heavy atom. The van der Waals surface area contributed by atoms with E-state index in [1.54, 1.807) is 11.3 Å². The minimum Gasteiger partial charge on any atom is -0.469 e. The molecule has 1 heterocycles. The van der Waals surface area contributed by atoms with Gasteiger partial charge in [0.2, 0.25) is 0 Å². The molecule has 0 saturated carbocycles. The minimum atomic E-state index is -0.130. The first-order valence-electron chi connectivity index (χ1n) is 5.64. The molecule has 0 N–H and O–H groups in total. The van der Waals surface area contributed by atoms with Gasteiger partial charge in [-0.1, -0.05) is 6.08 Å². The molecule has 0 aromatic carbocycles. The summed E-state index contributed by atoms with van der Waals surface area (Å²) in [6.07, 6.45) is 7.31. The van der Waals surface area contributed by atoms with E-state index in [4.69, 9.17) is 0 Å². The van der Waals surface area contributed by atoms with Crippen molar-refractivity contribution in [1.82, 2.24) is 0 Å². The van der Waals surface area contributed by atoms with Gasteiger partial charge in [0.15, 0.2) is 0 Å². The van der Waals surface area contributed by atoms with Crippen LogP contribution in [0.4, 0.5) is 0 Å². The molecule has 1 aliphatic rings. The standard InChI is InChI=1S/C13H16O2S/c1-15-13(14)9-7-11-6-8-12(16-11)10-4-2-3-5-10/h4,6,8H,2-3,5,7,9H2,1H3. The molecule has 0 radical (unpaired) electrons. The van der Waals surface area contributed by atoms with Crippen LogP contribution in [-0.4, -0.2) is 13.1 Å². The van der Waals surface area contributed by atoms with Gasteiger partial charge < -0.3 is 4.74 Å². The van der Waals surface area contributed by atoms with Gasteiger partial charge in [-0.2, -0.15) is 0 Å². The van der Waals surface area contributed by atoms with E-state index < -0.39 is 0 Å². The second-order valence-corrected chi connectivity index (χ2v) is 5.13. The molecule has 0 aliphatic heterocycles. The van der Waals surface area contributed by atoms with E-state index >= 15 is 0 Å². The maximum absolute atomic E-state index is 11.0. The summed E-state index contributed by atoms with van der Waals surface area (Å²) >= 11 is 1.81. The van der Waals surface area contributed by atoms with Crippen molar-refractivity contribution >= 4 is 22.9 Å². The zero-order valence-electron chi connectivity index (χ0n) is 9.49. The maximum Gasteiger partial charge on any atom is 0.305 e. The van der Waals surface area contributed by atoms with Gasteiger partial charge in [-0.3, -0.25) is 4.79 Å². The number of allylic oxidation sites excluding steroid dienone is 2. The number of methoxy groups -OCH3 is 1. The van der Waals surface area contributed by atoms with Crippen LogP contribution in [0.3, 0.4) is 0 Å². The predicted molar refractivity (Wildman–Crippen MR) is 66.5 cm³/mol. The van der Waals surface area contributed by atoms with Gasteiger partial charge in [0, 0.05) is 9.75 Å². The first-order chi connectivity index (χ1) is 7.79. The Hall–Kier alpha value is -1.09. The summed E-state index contributed by atoms with van der Waals surface area (Å²) in [4.78, 5) is 13.7. The number of carbonyl (C=O) groups excluding carboxylic acids is 1. The van der Waals surface area contributed by atoms with Crippen LogP contribution in [0.5, 0.6) is 0 Å². The van der Waals surface area contributed by atoms with E-state index in [1.807, 2.05) is 0 Å². The van der Waals surface area contributed by atoms with E-state index in [-0.39, 0.29) is 5.97 Å². The van der Waals surface area contributed by atoms with Gasteiger partial charge in [0.05, 0.1) is 13.5 Å². The molecular formula is C13H16O2S. The number of ether oxygens (including phenoxy) is 1. The summed E-state index contributed by atoms with van der Waals surface area (Å²) in [5.41, 5.74) is 1.48. The van der Waals surface area contributed by atoms with E-state index in [0.29, 0.717) is 6.42 Å². The van der Waals surface area contributed by atoms with Crippen molar-refractivity contribution in [2.24, 2.45) is 0 Å². The number of aryl methyl sites for hydroxylation is 1. The summed E-state index contributed by atoms with van der Waals surface area (Å²) in [7, 11) is 1.44. The molecule has 1 aliphatic carbocycles. The third-order valence-electron chi connectivity index (χ3n) is 2.82. The fourth-order valence-corrected chi connectivity index (χ4v) is 2.98. The molecule has 0 amide bonds. The highest BCUT2D eigenvalue weighted by Gasteiger charge is 2.10. The number of esters is 1. The van der Waals surface area contributed by atoms with Crippen LogP contribution in [0.1, 0.15) is 35.4 Å². The molecule has 0 saturated heterocycles. The highest BCUT2D eigenvalue weighted by Crippen LogP contribution is 2.32. The van der Waals surface area contributed by atoms with Crippen molar-refractivity contribution in [1.29, 1.82) is 0 Å². The highest BCUT2D eigenvalue weighted by atomic mass is 32.1. The second kappa shape index (κ2) is 5.30. The number of carbonyl (C=O) groups is 1. The Balaban J connectivity index is 1.94. The quantitative estimate of drug-likeness (QED) is 0.749. The molecule has 2 nitrogen and oxygen atoms in total. The SMILES string of the molecule is COC(=O)CCc1ccc(C2=CCCC2)s1. The highest BCUT2D eigenvalue weighted by molar-refractivity contribution is 7.13. The van der Waals surface area contributed by atoms with E-state index in [1.165, 1.54) is 41.7 Å². The van der Waals surface area contributed by atoms with Crippen LogP contribution in [0, 0.1) is 0 Å². The maximum atomic E-state index is 11.0. The van der Waals surface area contributed by atoms with Crippen molar-refractivity contribution in [2.45, 2.75) is 32.1 Å². The Morgan fingerprint density at radius 2 is 2.38 bits per heavy atom. The smallest absolute Gasteiger partial charge is 0.305 e. The molecule has 3 heteroatoms. The molecule has 0 fully saturated rings. The Kier molecular flexibility index (Phi) is 3.78. The molecule has 0 unspecified atom stereocenters. The largest absolute Gasteiger partial charge is 0.469 e. The lowest BCUT2D eigenvalue weighted by Gasteiger charge is -1.97. The van der Waals surface area contributed by atoms with Crippen molar-refractivity contribution in [3.8, 4) is 0 Å². The first kappa shape index (κ1) is 11.4. The number of rotatable bonds is 4. The van der Waals surface area contributed by atoms with Crippen LogP contribution < -0.4 is 0 Å². The van der Waals surface area contributed by atoms with Crippen LogP contribution in [0.15, 0.2) is 18.2 Å². The van der Waals surface area contributed by atoms with Gasteiger partial charge in [-0.15, -0.1) is 11.3 Å². The van der Waals surface area contributed by atoms with Crippen LogP contribution in [-0.2, 0) is 16.0 Å². The van der Waals surface area contributed by atoms with Gasteiger partial charge in [0.1, 0.15) is 0 Å². The fraction of sp³-hybridized carbons (Fsp3) is 0.462. The Bertz CT molecular complexity index is 404. The molecule has 16 heavy (non-hydrogen) atoms. The summed E-state index contributed by atoms with van der Waals surface area (Å²) in [5.74, 6) is -0.130. The van der Waals surface area contributed by atoms with E-state index in [0.717, 1.165) is 6.42 Å². The normalized spacial score (nSPS) is 14.9. The van der Waals surface area contributed by atoms with Gasteiger partial charge in [-0.05, 0) is 43.4 Å². The Labute approximate surface area is 99.9 Å². The lowest BCUT2D eigenvalue weighted by atomic mass is 10.2. The predicted octanol–water partition coefficient (Wildman–Crippen LogP) is 3.42. The molecule has 1 aromatic rings. The molecule has 1 aromatic heterocycles. The molecule has 2 rings (SSSR count). The number of thiophene rings is 1. The first-order valence-corrected chi connectivity index (χ1v) is 6.46. The molecular weight excluding hydrogens is 220 g/mol. The fourth-order valence-electron chi connectivity index (χ4n) is 1.91. The average molecular weight is 236 g/mol. The number of hydrogen-bond acceptors (Lipinski definition) is 3. The number of hydrogen-bond donors (Lipinski definition) is 0. The van der Waals surface area contributed by atoms with Crippen LogP contribution in [0.25, 0.3) is 5.57 Å².